The van der Waals surface area contributed by atoms with E-state index in [0.717, 1.165) is 11.4 Å². The third kappa shape index (κ3) is 3.78. The zero-order chi connectivity index (χ0) is 28.3. The van der Waals surface area contributed by atoms with Gasteiger partial charge in [0.25, 0.3) is 0 Å². The van der Waals surface area contributed by atoms with Crippen molar-refractivity contribution < 1.29 is 0 Å². The second kappa shape index (κ2) is 9.46. The monoisotopic (exact) mass is 537 g/mol. The van der Waals surface area contributed by atoms with E-state index in [1.165, 1.54) is 66.1 Å². The molecule has 1 N–H and O–H groups in total. The van der Waals surface area contributed by atoms with Crippen molar-refractivity contribution in [2.24, 2.45) is 0 Å². The van der Waals surface area contributed by atoms with Crippen molar-refractivity contribution in [2.75, 3.05) is 5.32 Å². The van der Waals surface area contributed by atoms with Gasteiger partial charge in [-0.3, -0.25) is 0 Å². The lowest BCUT2D eigenvalue weighted by Gasteiger charge is -2.21. The predicted molar refractivity (Wildman–Crippen MR) is 180 cm³/mol. The Morgan fingerprint density at radius 3 is 1.81 bits per heavy atom. The summed E-state index contributed by atoms with van der Waals surface area (Å²) in [5.74, 6) is 0. The summed E-state index contributed by atoms with van der Waals surface area (Å²) < 4.78 is 0. The molecule has 1 heteroatoms. The standard InChI is InChI=1S/C41H31N/c1-41(2)37-20-6-5-14-36(37)40-38(41)21-10-22-39(40)42-29-25-23-28(24-26-29)31-15-8-18-34-33(31)17-9-19-35(34)32-16-7-12-27-11-3-4-13-30(27)32/h3-26,42H,1-2H3. The summed E-state index contributed by atoms with van der Waals surface area (Å²) in [5, 5.41) is 8.84. The van der Waals surface area contributed by atoms with Gasteiger partial charge in [0.2, 0.25) is 0 Å². The van der Waals surface area contributed by atoms with E-state index in [-0.39, 0.29) is 5.41 Å². The topological polar surface area (TPSA) is 12.0 Å². The van der Waals surface area contributed by atoms with Gasteiger partial charge in [-0.1, -0.05) is 141 Å². The van der Waals surface area contributed by atoms with E-state index in [2.05, 4.69) is 165 Å². The van der Waals surface area contributed by atoms with Crippen molar-refractivity contribution in [3.63, 3.8) is 0 Å². The highest BCUT2D eigenvalue weighted by atomic mass is 14.9. The molecule has 1 aliphatic carbocycles. The highest BCUT2D eigenvalue weighted by Crippen LogP contribution is 2.51. The van der Waals surface area contributed by atoms with Crippen molar-refractivity contribution >= 4 is 32.9 Å². The SMILES string of the molecule is CC1(C)c2ccccc2-c2c(Nc3ccc(-c4cccc5c(-c6cccc7ccccc67)cccc45)cc3)cccc21. The normalized spacial score (nSPS) is 13.2. The van der Waals surface area contributed by atoms with E-state index in [0.29, 0.717) is 0 Å². The maximum Gasteiger partial charge on any atom is 0.0467 e. The number of fused-ring (bicyclic) bond motifs is 5. The maximum absolute atomic E-state index is 3.75. The van der Waals surface area contributed by atoms with Gasteiger partial charge >= 0.3 is 0 Å². The highest BCUT2D eigenvalue weighted by molar-refractivity contribution is 6.09. The van der Waals surface area contributed by atoms with Crippen LogP contribution in [0.5, 0.6) is 0 Å². The van der Waals surface area contributed by atoms with Gasteiger partial charge in [-0.25, -0.2) is 0 Å². The zero-order valence-corrected chi connectivity index (χ0v) is 23.9. The van der Waals surface area contributed by atoms with E-state index in [9.17, 15) is 0 Å². The molecule has 0 atom stereocenters. The fourth-order valence-electron chi connectivity index (χ4n) is 7.00. The summed E-state index contributed by atoms with van der Waals surface area (Å²) in [7, 11) is 0. The fraction of sp³-hybridized carbons (Fsp3) is 0.0732. The Kier molecular flexibility index (Phi) is 5.55. The molecule has 0 heterocycles. The lowest BCUT2D eigenvalue weighted by molar-refractivity contribution is 0.660. The molecule has 0 spiro atoms. The van der Waals surface area contributed by atoms with Gasteiger partial charge in [0, 0.05) is 22.4 Å². The molecule has 0 saturated heterocycles. The minimum atomic E-state index is -0.00721. The first kappa shape index (κ1) is 24.6. The number of anilines is 2. The summed E-state index contributed by atoms with van der Waals surface area (Å²) in [6.45, 7) is 4.65. The number of hydrogen-bond acceptors (Lipinski definition) is 1. The largest absolute Gasteiger partial charge is 0.355 e. The van der Waals surface area contributed by atoms with Crippen molar-refractivity contribution in [3.8, 4) is 33.4 Å². The quantitative estimate of drug-likeness (QED) is 0.235. The molecule has 1 aliphatic rings. The Morgan fingerprint density at radius 2 is 0.976 bits per heavy atom. The molecule has 0 bridgehead atoms. The second-order valence-electron chi connectivity index (χ2n) is 11.8. The highest BCUT2D eigenvalue weighted by Gasteiger charge is 2.36. The number of benzene rings is 7. The van der Waals surface area contributed by atoms with Crippen LogP contribution >= 0.6 is 0 Å². The first-order valence-electron chi connectivity index (χ1n) is 14.7. The van der Waals surface area contributed by atoms with Gasteiger partial charge in [0.05, 0.1) is 0 Å². The number of rotatable bonds is 4. The lowest BCUT2D eigenvalue weighted by atomic mass is 9.82. The van der Waals surface area contributed by atoms with Crippen LogP contribution in [-0.4, -0.2) is 0 Å². The van der Waals surface area contributed by atoms with Gasteiger partial charge in [-0.05, 0) is 78.7 Å². The van der Waals surface area contributed by atoms with Gasteiger partial charge in [0.15, 0.2) is 0 Å². The molecule has 7 aromatic carbocycles. The van der Waals surface area contributed by atoms with Crippen molar-refractivity contribution in [1.82, 2.24) is 0 Å². The molecule has 0 unspecified atom stereocenters. The zero-order valence-electron chi connectivity index (χ0n) is 23.9. The molecule has 0 amide bonds. The van der Waals surface area contributed by atoms with Gasteiger partial charge < -0.3 is 5.32 Å². The van der Waals surface area contributed by atoms with Crippen LogP contribution in [-0.2, 0) is 5.41 Å². The van der Waals surface area contributed by atoms with Crippen LogP contribution < -0.4 is 5.32 Å². The maximum atomic E-state index is 3.75. The molecule has 42 heavy (non-hydrogen) atoms. The Morgan fingerprint density at radius 1 is 0.429 bits per heavy atom. The van der Waals surface area contributed by atoms with Crippen LogP contribution in [0, 0.1) is 0 Å². The van der Waals surface area contributed by atoms with E-state index in [1.54, 1.807) is 0 Å². The van der Waals surface area contributed by atoms with E-state index < -0.39 is 0 Å². The average molecular weight is 538 g/mol. The van der Waals surface area contributed by atoms with E-state index >= 15 is 0 Å². The molecule has 7 aromatic rings. The van der Waals surface area contributed by atoms with Gasteiger partial charge in [0.1, 0.15) is 0 Å². The lowest BCUT2D eigenvalue weighted by Crippen LogP contribution is -2.14. The number of nitrogens with one attached hydrogen (secondary N) is 1. The minimum Gasteiger partial charge on any atom is -0.355 e. The first-order chi connectivity index (χ1) is 20.6. The molecule has 0 aromatic heterocycles. The Labute approximate surface area is 247 Å². The second-order valence-corrected chi connectivity index (χ2v) is 11.8. The molecule has 200 valence electrons. The molecule has 0 fully saturated rings. The summed E-state index contributed by atoms with van der Waals surface area (Å²) in [6.07, 6.45) is 0. The van der Waals surface area contributed by atoms with Crippen LogP contribution in [0.4, 0.5) is 11.4 Å². The summed E-state index contributed by atoms with van der Waals surface area (Å²) in [5.41, 5.74) is 12.7. The molecule has 8 rings (SSSR count). The van der Waals surface area contributed by atoms with Crippen LogP contribution in [0.3, 0.4) is 0 Å². The Hall–Kier alpha value is -5.14. The van der Waals surface area contributed by atoms with Crippen LogP contribution in [0.1, 0.15) is 25.0 Å². The molecule has 0 radical (unpaired) electrons. The average Bonchev–Trinajstić information content (AvgIpc) is 3.28. The van der Waals surface area contributed by atoms with Crippen molar-refractivity contribution in [1.29, 1.82) is 0 Å². The van der Waals surface area contributed by atoms with Crippen molar-refractivity contribution in [2.45, 2.75) is 19.3 Å². The van der Waals surface area contributed by atoms with Crippen LogP contribution in [0.2, 0.25) is 0 Å². The molecule has 0 saturated carbocycles. The smallest absolute Gasteiger partial charge is 0.0467 e. The summed E-state index contributed by atoms with van der Waals surface area (Å²) in [6, 6.07) is 52.9. The Balaban J connectivity index is 1.17. The molecular weight excluding hydrogens is 506 g/mol. The fourth-order valence-corrected chi connectivity index (χ4v) is 7.00. The van der Waals surface area contributed by atoms with E-state index in [4.69, 9.17) is 0 Å². The first-order valence-corrected chi connectivity index (χ1v) is 14.7. The minimum absolute atomic E-state index is 0.00721. The Bertz CT molecular complexity index is 2130. The predicted octanol–water partition coefficient (Wildman–Crippen LogP) is 11.4. The third-order valence-electron chi connectivity index (χ3n) is 9.08. The van der Waals surface area contributed by atoms with Crippen LogP contribution in [0.15, 0.2) is 146 Å². The van der Waals surface area contributed by atoms with Gasteiger partial charge in [-0.15, -0.1) is 0 Å². The van der Waals surface area contributed by atoms with Crippen LogP contribution in [0.25, 0.3) is 54.9 Å². The third-order valence-corrected chi connectivity index (χ3v) is 9.08. The summed E-state index contributed by atoms with van der Waals surface area (Å²) >= 11 is 0. The van der Waals surface area contributed by atoms with E-state index in [1.807, 2.05) is 0 Å². The van der Waals surface area contributed by atoms with Crippen molar-refractivity contribution in [3.05, 3.63) is 157 Å². The van der Waals surface area contributed by atoms with Gasteiger partial charge in [-0.2, -0.15) is 0 Å². The molecule has 1 nitrogen and oxygen atoms in total. The summed E-state index contributed by atoms with van der Waals surface area (Å²) in [4.78, 5) is 0. The molecule has 0 aliphatic heterocycles. The number of hydrogen-bond donors (Lipinski definition) is 1. The molecular formula is C41H31N.